The van der Waals surface area contributed by atoms with Gasteiger partial charge in [-0.15, -0.1) is 11.8 Å². The Morgan fingerprint density at radius 3 is 2.17 bits per heavy atom. The van der Waals surface area contributed by atoms with E-state index in [0.717, 1.165) is 22.4 Å². The van der Waals surface area contributed by atoms with Gasteiger partial charge in [0, 0.05) is 21.5 Å². The van der Waals surface area contributed by atoms with Crippen LogP contribution in [0.3, 0.4) is 0 Å². The lowest BCUT2D eigenvalue weighted by Gasteiger charge is -2.16. The molecule has 5 heteroatoms. The van der Waals surface area contributed by atoms with Crippen molar-refractivity contribution < 1.29 is 4.79 Å². The van der Waals surface area contributed by atoms with Gasteiger partial charge in [0.15, 0.2) is 0 Å². The number of aryl methyl sites for hydroxylation is 2. The highest BCUT2D eigenvalue weighted by Crippen LogP contribution is 2.30. The molecule has 1 amide bonds. The van der Waals surface area contributed by atoms with Crippen molar-refractivity contribution in [1.29, 1.82) is 0 Å². The average Bonchev–Trinajstić information content (AvgIpc) is 2.50. The van der Waals surface area contributed by atoms with E-state index in [0.29, 0.717) is 15.8 Å². The molecule has 1 unspecified atom stereocenters. The number of hydrogen-bond acceptors (Lipinski definition) is 2. The minimum Gasteiger partial charge on any atom is -0.325 e. The molecule has 122 valence electrons. The summed E-state index contributed by atoms with van der Waals surface area (Å²) in [5.74, 6) is 0.579. The molecule has 23 heavy (non-hydrogen) atoms. The molecule has 0 heterocycles. The maximum Gasteiger partial charge on any atom is 0.237 e. The van der Waals surface area contributed by atoms with E-state index in [1.54, 1.807) is 0 Å². The van der Waals surface area contributed by atoms with Gasteiger partial charge >= 0.3 is 0 Å². The van der Waals surface area contributed by atoms with Crippen LogP contribution in [-0.2, 0) is 10.5 Å². The second-order valence-electron chi connectivity index (χ2n) is 5.41. The number of rotatable bonds is 5. The zero-order chi connectivity index (χ0) is 17.0. The molecular formula is C18H19Cl2NOS. The van der Waals surface area contributed by atoms with Crippen molar-refractivity contribution in [3.8, 4) is 0 Å². The Hall–Kier alpha value is -1.16. The molecule has 0 radical (unpaired) electrons. The molecule has 0 aliphatic rings. The summed E-state index contributed by atoms with van der Waals surface area (Å²) in [6.45, 7) is 5.87. The summed E-state index contributed by atoms with van der Waals surface area (Å²) in [5.41, 5.74) is 3.88. The van der Waals surface area contributed by atoms with Crippen molar-refractivity contribution in [1.82, 2.24) is 0 Å². The quantitative estimate of drug-likeness (QED) is 0.715. The lowest BCUT2D eigenvalue weighted by molar-refractivity contribution is -0.115. The molecule has 0 saturated heterocycles. The van der Waals surface area contributed by atoms with Gasteiger partial charge in [0.25, 0.3) is 0 Å². The number of anilines is 1. The molecule has 0 aromatic heterocycles. The Morgan fingerprint density at radius 2 is 1.61 bits per heavy atom. The summed E-state index contributed by atoms with van der Waals surface area (Å²) in [5, 5.41) is 4.07. The zero-order valence-corrected chi connectivity index (χ0v) is 15.6. The van der Waals surface area contributed by atoms with Crippen LogP contribution >= 0.6 is 35.0 Å². The maximum absolute atomic E-state index is 12.4. The van der Waals surface area contributed by atoms with Gasteiger partial charge in [-0.25, -0.2) is 0 Å². The van der Waals surface area contributed by atoms with Crippen LogP contribution in [0.1, 0.15) is 23.6 Å². The molecule has 2 aromatic rings. The van der Waals surface area contributed by atoms with E-state index in [4.69, 9.17) is 23.2 Å². The molecule has 1 atom stereocenters. The van der Waals surface area contributed by atoms with Gasteiger partial charge in [0.1, 0.15) is 0 Å². The molecule has 0 saturated carbocycles. The van der Waals surface area contributed by atoms with Crippen LogP contribution in [0.25, 0.3) is 0 Å². The van der Waals surface area contributed by atoms with Gasteiger partial charge in [0.2, 0.25) is 5.91 Å². The summed E-state index contributed by atoms with van der Waals surface area (Å²) in [7, 11) is 0. The van der Waals surface area contributed by atoms with Gasteiger partial charge in [0.05, 0.1) is 5.25 Å². The lowest BCUT2D eigenvalue weighted by atomic mass is 10.1. The third-order valence-corrected chi connectivity index (χ3v) is 5.52. The number of para-hydroxylation sites is 1. The monoisotopic (exact) mass is 367 g/mol. The second kappa shape index (κ2) is 8.09. The van der Waals surface area contributed by atoms with E-state index < -0.39 is 0 Å². The Balaban J connectivity index is 2.01. The smallest absolute Gasteiger partial charge is 0.237 e. The zero-order valence-electron chi connectivity index (χ0n) is 13.3. The maximum atomic E-state index is 12.4. The predicted octanol–water partition coefficient (Wildman–Crippen LogP) is 5.87. The Bertz CT molecular complexity index is 678. The van der Waals surface area contributed by atoms with E-state index in [1.807, 2.05) is 57.2 Å². The molecule has 0 bridgehead atoms. The summed E-state index contributed by atoms with van der Waals surface area (Å²) >= 11 is 13.8. The van der Waals surface area contributed by atoms with Crippen molar-refractivity contribution in [2.24, 2.45) is 0 Å². The molecule has 2 nitrogen and oxygen atoms in total. The number of carbonyl (C=O) groups is 1. The normalized spacial score (nSPS) is 12.0. The number of nitrogens with one attached hydrogen (secondary N) is 1. The fourth-order valence-corrected chi connectivity index (χ4v) is 3.82. The fraction of sp³-hybridized carbons (Fsp3) is 0.278. The van der Waals surface area contributed by atoms with Gasteiger partial charge in [-0.2, -0.15) is 0 Å². The van der Waals surface area contributed by atoms with Crippen molar-refractivity contribution in [2.45, 2.75) is 31.8 Å². The minimum absolute atomic E-state index is 0.0180. The lowest BCUT2D eigenvalue weighted by Crippen LogP contribution is -2.23. The summed E-state index contributed by atoms with van der Waals surface area (Å²) in [6, 6.07) is 11.4. The molecule has 0 spiro atoms. The Kier molecular flexibility index (Phi) is 6.40. The van der Waals surface area contributed by atoms with E-state index in [-0.39, 0.29) is 11.2 Å². The van der Waals surface area contributed by atoms with Crippen molar-refractivity contribution >= 4 is 46.6 Å². The van der Waals surface area contributed by atoms with Gasteiger partial charge in [-0.3, -0.25) is 4.79 Å². The van der Waals surface area contributed by atoms with Gasteiger partial charge in [-0.05, 0) is 49.6 Å². The summed E-state index contributed by atoms with van der Waals surface area (Å²) in [6.07, 6.45) is 0. The molecular weight excluding hydrogens is 349 g/mol. The number of hydrogen-bond donors (Lipinski definition) is 1. The first-order chi connectivity index (χ1) is 10.9. The molecule has 0 aliphatic carbocycles. The number of halogens is 2. The molecule has 2 rings (SSSR count). The standard InChI is InChI=1S/C18H19Cl2NOS/c1-11-6-4-7-12(2)17(11)21-18(22)13(3)23-10-14-15(19)8-5-9-16(14)20/h4-9,13H,10H2,1-3H3,(H,21,22). The minimum atomic E-state index is -0.207. The first-order valence-electron chi connectivity index (χ1n) is 7.31. The number of thioether (sulfide) groups is 1. The number of amides is 1. The molecule has 2 aromatic carbocycles. The summed E-state index contributed by atoms with van der Waals surface area (Å²) in [4.78, 5) is 12.4. The first-order valence-corrected chi connectivity index (χ1v) is 9.12. The van der Waals surface area contributed by atoms with Gasteiger partial charge < -0.3 is 5.32 Å². The third-order valence-electron chi connectivity index (χ3n) is 3.64. The summed E-state index contributed by atoms with van der Waals surface area (Å²) < 4.78 is 0. The van der Waals surface area contributed by atoms with Crippen LogP contribution in [0.5, 0.6) is 0 Å². The van der Waals surface area contributed by atoms with E-state index >= 15 is 0 Å². The van der Waals surface area contributed by atoms with E-state index in [9.17, 15) is 4.79 Å². The Morgan fingerprint density at radius 1 is 1.09 bits per heavy atom. The second-order valence-corrected chi connectivity index (χ2v) is 7.55. The van der Waals surface area contributed by atoms with E-state index in [2.05, 4.69) is 5.32 Å². The van der Waals surface area contributed by atoms with Crippen molar-refractivity contribution in [3.05, 3.63) is 63.1 Å². The highest BCUT2D eigenvalue weighted by molar-refractivity contribution is 7.99. The SMILES string of the molecule is Cc1cccc(C)c1NC(=O)C(C)SCc1c(Cl)cccc1Cl. The van der Waals surface area contributed by atoms with Crippen LogP contribution in [0.15, 0.2) is 36.4 Å². The number of benzene rings is 2. The van der Waals surface area contributed by atoms with Gasteiger partial charge in [-0.1, -0.05) is 47.5 Å². The van der Waals surface area contributed by atoms with Crippen LogP contribution in [0, 0.1) is 13.8 Å². The fourth-order valence-electron chi connectivity index (χ4n) is 2.19. The van der Waals surface area contributed by atoms with Crippen LogP contribution in [0.4, 0.5) is 5.69 Å². The van der Waals surface area contributed by atoms with Crippen molar-refractivity contribution in [2.75, 3.05) is 5.32 Å². The van der Waals surface area contributed by atoms with E-state index in [1.165, 1.54) is 11.8 Å². The van der Waals surface area contributed by atoms with Crippen molar-refractivity contribution in [3.63, 3.8) is 0 Å². The largest absolute Gasteiger partial charge is 0.325 e. The first kappa shape index (κ1) is 18.2. The predicted molar refractivity (Wildman–Crippen MR) is 102 cm³/mol. The number of carbonyl (C=O) groups excluding carboxylic acids is 1. The average molecular weight is 368 g/mol. The highest BCUT2D eigenvalue weighted by Gasteiger charge is 2.17. The van der Waals surface area contributed by atoms with Crippen LogP contribution < -0.4 is 5.32 Å². The van der Waals surface area contributed by atoms with Crippen LogP contribution in [0.2, 0.25) is 10.0 Å². The molecule has 0 aliphatic heterocycles. The van der Waals surface area contributed by atoms with Crippen LogP contribution in [-0.4, -0.2) is 11.2 Å². The molecule has 1 N–H and O–H groups in total. The topological polar surface area (TPSA) is 29.1 Å². The highest BCUT2D eigenvalue weighted by atomic mass is 35.5. The third kappa shape index (κ3) is 4.66. The molecule has 0 fully saturated rings. The Labute approximate surface area is 151 Å².